The number of rotatable bonds is 8. The second-order valence-electron chi connectivity index (χ2n) is 6.42. The zero-order valence-corrected chi connectivity index (χ0v) is 16.7. The van der Waals surface area contributed by atoms with Crippen molar-refractivity contribution in [1.82, 2.24) is 15.1 Å². The SMILES string of the molecule is CCc1noc(CCCC(=O)Nc2nc3ccc(Oc4ccccc4)cc3s2)n1. The van der Waals surface area contributed by atoms with Crippen LogP contribution in [0.15, 0.2) is 53.1 Å². The van der Waals surface area contributed by atoms with Gasteiger partial charge >= 0.3 is 0 Å². The first-order valence-electron chi connectivity index (χ1n) is 9.44. The van der Waals surface area contributed by atoms with Crippen LogP contribution < -0.4 is 10.1 Å². The molecule has 0 radical (unpaired) electrons. The quantitative estimate of drug-likeness (QED) is 0.441. The van der Waals surface area contributed by atoms with Gasteiger partial charge in [0.25, 0.3) is 0 Å². The van der Waals surface area contributed by atoms with Crippen LogP contribution in [0.2, 0.25) is 0 Å². The summed E-state index contributed by atoms with van der Waals surface area (Å²) in [6, 6.07) is 15.3. The number of amides is 1. The predicted octanol–water partition coefficient (Wildman–Crippen LogP) is 5.00. The fraction of sp³-hybridized carbons (Fsp3) is 0.238. The van der Waals surface area contributed by atoms with Crippen LogP contribution in [0.1, 0.15) is 31.5 Å². The zero-order chi connectivity index (χ0) is 20.1. The maximum Gasteiger partial charge on any atom is 0.226 e. The summed E-state index contributed by atoms with van der Waals surface area (Å²) in [5, 5.41) is 7.29. The van der Waals surface area contributed by atoms with Gasteiger partial charge in [0.2, 0.25) is 11.8 Å². The highest BCUT2D eigenvalue weighted by Gasteiger charge is 2.11. The van der Waals surface area contributed by atoms with Crippen LogP contribution in [0.25, 0.3) is 10.2 Å². The lowest BCUT2D eigenvalue weighted by molar-refractivity contribution is -0.116. The Hall–Kier alpha value is -3.26. The molecule has 29 heavy (non-hydrogen) atoms. The van der Waals surface area contributed by atoms with Crippen molar-refractivity contribution in [2.75, 3.05) is 5.32 Å². The molecule has 2 aromatic heterocycles. The number of aromatic nitrogens is 3. The number of hydrogen-bond donors (Lipinski definition) is 1. The normalized spacial score (nSPS) is 10.9. The van der Waals surface area contributed by atoms with Crippen molar-refractivity contribution in [3.05, 3.63) is 60.2 Å². The van der Waals surface area contributed by atoms with Crippen molar-refractivity contribution in [3.63, 3.8) is 0 Å². The highest BCUT2D eigenvalue weighted by atomic mass is 32.1. The summed E-state index contributed by atoms with van der Waals surface area (Å²) < 4.78 is 11.9. The molecule has 0 saturated carbocycles. The summed E-state index contributed by atoms with van der Waals surface area (Å²) in [7, 11) is 0. The molecule has 0 unspecified atom stereocenters. The molecule has 0 aliphatic rings. The van der Waals surface area contributed by atoms with Crippen LogP contribution in [0.5, 0.6) is 11.5 Å². The number of hydrogen-bond acceptors (Lipinski definition) is 7. The minimum absolute atomic E-state index is 0.0833. The van der Waals surface area contributed by atoms with E-state index in [-0.39, 0.29) is 5.91 Å². The monoisotopic (exact) mass is 408 g/mol. The summed E-state index contributed by atoms with van der Waals surface area (Å²) in [5.74, 6) is 2.68. The first-order valence-corrected chi connectivity index (χ1v) is 10.3. The maximum absolute atomic E-state index is 12.2. The van der Waals surface area contributed by atoms with Gasteiger partial charge in [0.1, 0.15) is 11.5 Å². The van der Waals surface area contributed by atoms with Crippen LogP contribution in [0.4, 0.5) is 5.13 Å². The number of para-hydroxylation sites is 1. The second-order valence-corrected chi connectivity index (χ2v) is 7.45. The van der Waals surface area contributed by atoms with Crippen molar-refractivity contribution < 1.29 is 14.1 Å². The maximum atomic E-state index is 12.2. The van der Waals surface area contributed by atoms with Crippen LogP contribution >= 0.6 is 11.3 Å². The number of anilines is 1. The molecule has 1 amide bonds. The standard InChI is InChI=1S/C21H20N4O3S/c1-2-18-23-20(28-25-18)10-6-9-19(26)24-21-22-16-12-11-15(13-17(16)29-21)27-14-7-4-3-5-8-14/h3-5,7-8,11-13H,2,6,9-10H2,1H3,(H,22,24,26). The van der Waals surface area contributed by atoms with Crippen LogP contribution in [-0.2, 0) is 17.6 Å². The fourth-order valence-electron chi connectivity index (χ4n) is 2.76. The Morgan fingerprint density at radius 3 is 2.79 bits per heavy atom. The number of carbonyl (C=O) groups is 1. The van der Waals surface area contributed by atoms with Crippen molar-refractivity contribution in [2.24, 2.45) is 0 Å². The van der Waals surface area contributed by atoms with E-state index >= 15 is 0 Å². The number of carbonyl (C=O) groups excluding carboxylic acids is 1. The van der Waals surface area contributed by atoms with Crippen LogP contribution in [0, 0.1) is 0 Å². The Morgan fingerprint density at radius 2 is 2.00 bits per heavy atom. The van der Waals surface area contributed by atoms with Crippen molar-refractivity contribution in [3.8, 4) is 11.5 Å². The second kappa shape index (κ2) is 8.83. The molecule has 7 nitrogen and oxygen atoms in total. The summed E-state index contributed by atoms with van der Waals surface area (Å²) in [6.45, 7) is 1.97. The van der Waals surface area contributed by atoms with Gasteiger partial charge in [0.15, 0.2) is 11.0 Å². The molecular weight excluding hydrogens is 388 g/mol. The van der Waals surface area contributed by atoms with E-state index in [0.717, 1.165) is 28.1 Å². The Kier molecular flexibility index (Phi) is 5.81. The van der Waals surface area contributed by atoms with Gasteiger partial charge in [0.05, 0.1) is 10.2 Å². The highest BCUT2D eigenvalue weighted by Crippen LogP contribution is 2.31. The van der Waals surface area contributed by atoms with Gasteiger partial charge in [0, 0.05) is 25.3 Å². The molecule has 0 spiro atoms. The molecule has 1 N–H and O–H groups in total. The predicted molar refractivity (Wildman–Crippen MR) is 111 cm³/mol. The summed E-state index contributed by atoms with van der Waals surface area (Å²) in [6.07, 6.45) is 2.32. The number of thiazole rings is 1. The minimum atomic E-state index is -0.0833. The number of aryl methyl sites for hydroxylation is 2. The molecule has 0 aliphatic heterocycles. The minimum Gasteiger partial charge on any atom is -0.457 e. The first kappa shape index (κ1) is 19.1. The first-order chi connectivity index (χ1) is 14.2. The van der Waals surface area contributed by atoms with Crippen molar-refractivity contribution in [2.45, 2.75) is 32.6 Å². The van der Waals surface area contributed by atoms with E-state index in [9.17, 15) is 4.79 Å². The van der Waals surface area contributed by atoms with Gasteiger partial charge in [-0.1, -0.05) is 41.6 Å². The van der Waals surface area contributed by atoms with Crippen molar-refractivity contribution in [1.29, 1.82) is 0 Å². The number of ether oxygens (including phenoxy) is 1. The molecule has 0 atom stereocenters. The van der Waals surface area contributed by atoms with Crippen LogP contribution in [0.3, 0.4) is 0 Å². The molecule has 0 bridgehead atoms. The third-order valence-corrected chi connectivity index (χ3v) is 5.14. The van der Waals surface area contributed by atoms with E-state index in [1.165, 1.54) is 11.3 Å². The van der Waals surface area contributed by atoms with Gasteiger partial charge in [-0.05, 0) is 30.7 Å². The van der Waals surface area contributed by atoms with E-state index in [4.69, 9.17) is 9.26 Å². The van der Waals surface area contributed by atoms with E-state index in [0.29, 0.717) is 36.1 Å². The average Bonchev–Trinajstić information content (AvgIpc) is 3.34. The summed E-state index contributed by atoms with van der Waals surface area (Å²) >= 11 is 1.42. The van der Waals surface area contributed by atoms with Gasteiger partial charge in [-0.3, -0.25) is 4.79 Å². The lowest BCUT2D eigenvalue weighted by atomic mass is 10.2. The smallest absolute Gasteiger partial charge is 0.226 e. The molecule has 2 heterocycles. The number of benzene rings is 2. The molecule has 2 aromatic carbocycles. The molecule has 148 valence electrons. The number of fused-ring (bicyclic) bond motifs is 1. The Labute approximate surface area is 171 Å². The Balaban J connectivity index is 1.33. The summed E-state index contributed by atoms with van der Waals surface area (Å²) in [4.78, 5) is 20.9. The molecular formula is C21H20N4O3S. The Bertz CT molecular complexity index is 1110. The molecule has 4 aromatic rings. The largest absolute Gasteiger partial charge is 0.457 e. The van der Waals surface area contributed by atoms with Crippen LogP contribution in [-0.4, -0.2) is 21.0 Å². The van der Waals surface area contributed by atoms with Gasteiger partial charge < -0.3 is 14.6 Å². The number of nitrogens with one attached hydrogen (secondary N) is 1. The van der Waals surface area contributed by atoms with E-state index in [1.807, 2.05) is 55.5 Å². The molecule has 4 rings (SSSR count). The molecule has 8 heteroatoms. The van der Waals surface area contributed by atoms with E-state index < -0.39 is 0 Å². The Morgan fingerprint density at radius 1 is 1.14 bits per heavy atom. The average molecular weight is 408 g/mol. The van der Waals surface area contributed by atoms with Gasteiger partial charge in [-0.15, -0.1) is 0 Å². The fourth-order valence-corrected chi connectivity index (χ4v) is 3.67. The molecule has 0 saturated heterocycles. The molecule has 0 fully saturated rings. The number of nitrogens with zero attached hydrogens (tertiary/aromatic N) is 3. The third-order valence-electron chi connectivity index (χ3n) is 4.21. The van der Waals surface area contributed by atoms with Crippen molar-refractivity contribution >= 4 is 32.6 Å². The van der Waals surface area contributed by atoms with Gasteiger partial charge in [-0.25, -0.2) is 4.98 Å². The van der Waals surface area contributed by atoms with E-state index in [1.54, 1.807) is 0 Å². The third kappa shape index (κ3) is 4.97. The zero-order valence-electron chi connectivity index (χ0n) is 15.9. The highest BCUT2D eigenvalue weighted by molar-refractivity contribution is 7.22. The summed E-state index contributed by atoms with van der Waals surface area (Å²) in [5.41, 5.74) is 0.823. The van der Waals surface area contributed by atoms with Gasteiger partial charge in [-0.2, -0.15) is 4.98 Å². The van der Waals surface area contributed by atoms with E-state index in [2.05, 4.69) is 20.4 Å². The molecule has 0 aliphatic carbocycles. The lowest BCUT2D eigenvalue weighted by Crippen LogP contribution is -2.11. The lowest BCUT2D eigenvalue weighted by Gasteiger charge is -2.04. The topological polar surface area (TPSA) is 90.1 Å².